The maximum atomic E-state index is 13.1. The van der Waals surface area contributed by atoms with Gasteiger partial charge < -0.3 is 33.8 Å². The number of rotatable bonds is 80. The van der Waals surface area contributed by atoms with Crippen LogP contribution in [0.15, 0.2) is 0 Å². The fourth-order valence-electron chi connectivity index (χ4n) is 12.5. The number of phosphoric ester groups is 2. The van der Waals surface area contributed by atoms with E-state index in [-0.39, 0.29) is 25.7 Å². The van der Waals surface area contributed by atoms with E-state index < -0.39 is 97.5 Å². The van der Waals surface area contributed by atoms with E-state index in [9.17, 15) is 43.2 Å². The summed E-state index contributed by atoms with van der Waals surface area (Å²) in [4.78, 5) is 73.0. The Bertz CT molecular complexity index is 1930. The van der Waals surface area contributed by atoms with Crippen molar-refractivity contribution in [3.05, 3.63) is 0 Å². The summed E-state index contributed by atoms with van der Waals surface area (Å²) in [6.45, 7) is 9.62. The first-order chi connectivity index (χ1) is 48.4. The molecular weight excluding hydrogens is 1310 g/mol. The molecule has 0 aliphatic heterocycles. The van der Waals surface area contributed by atoms with Gasteiger partial charge in [-0.25, -0.2) is 9.13 Å². The largest absolute Gasteiger partial charge is 0.472 e. The molecule has 100 heavy (non-hydrogen) atoms. The Morgan fingerprint density at radius 2 is 0.510 bits per heavy atom. The molecule has 3 N–H and O–H groups in total. The van der Waals surface area contributed by atoms with Crippen molar-refractivity contribution in [2.24, 2.45) is 11.8 Å². The standard InChI is InChI=1S/C81H158O17P2/c1-7-10-12-14-16-18-20-22-23-24-25-26-27-28-29-30-32-34-40-48-54-60-66-81(86)97-76(69-91-78(83)63-57-51-45-38-36-35-37-44-50-56-62-74(6)9-3)71-95-99(87,88)93-67-75(82)68-94-100(89,90)96-72-77(70-92-79(84)64-58-52-46-42-41-43-49-55-61-73(4)5)98-80(85)65-59-53-47-39-33-31-21-19-17-15-13-11-8-2/h73-77,82H,7-72H2,1-6H3,(H,87,88)(H,89,90)/t74?,75-,76-,77-/m1/s1. The highest BCUT2D eigenvalue weighted by molar-refractivity contribution is 7.47. The minimum absolute atomic E-state index is 0.107. The zero-order valence-electron chi connectivity index (χ0n) is 65.5. The highest BCUT2D eigenvalue weighted by Gasteiger charge is 2.30. The van der Waals surface area contributed by atoms with E-state index >= 15 is 0 Å². The summed E-state index contributed by atoms with van der Waals surface area (Å²) >= 11 is 0. The van der Waals surface area contributed by atoms with Crippen molar-refractivity contribution in [1.29, 1.82) is 0 Å². The zero-order valence-corrected chi connectivity index (χ0v) is 67.3. The summed E-state index contributed by atoms with van der Waals surface area (Å²) in [5.74, 6) is -0.574. The number of ether oxygens (including phenoxy) is 4. The van der Waals surface area contributed by atoms with Gasteiger partial charge in [0.1, 0.15) is 19.3 Å². The highest BCUT2D eigenvalue weighted by atomic mass is 31.2. The van der Waals surface area contributed by atoms with Gasteiger partial charge in [0.25, 0.3) is 0 Å². The summed E-state index contributed by atoms with van der Waals surface area (Å²) in [6.07, 6.45) is 62.5. The number of carbonyl (C=O) groups excluding carboxylic acids is 4. The molecule has 0 amide bonds. The SMILES string of the molecule is CCCCCCCCCCCCCCCCCCCCCCCCC(=O)O[C@H](COC(=O)CCCCCCCCCCCCC(C)CC)COP(=O)(O)OC[C@@H](O)COP(=O)(O)OC[C@@H](COC(=O)CCCCCCCCCCC(C)C)OC(=O)CCCCCCCCCCCCCCC. The average Bonchev–Trinajstić information content (AvgIpc) is 0.929. The Hall–Kier alpha value is -1.94. The Kier molecular flexibility index (Phi) is 71.2. The number of carbonyl (C=O) groups is 4. The molecule has 0 radical (unpaired) electrons. The molecular formula is C81H158O17P2. The van der Waals surface area contributed by atoms with E-state index in [0.29, 0.717) is 25.7 Å². The van der Waals surface area contributed by atoms with E-state index in [0.717, 1.165) is 102 Å². The van der Waals surface area contributed by atoms with Gasteiger partial charge in [-0.1, -0.05) is 375 Å². The summed E-state index contributed by atoms with van der Waals surface area (Å²) in [6, 6.07) is 0. The fourth-order valence-corrected chi connectivity index (χ4v) is 14.1. The minimum Gasteiger partial charge on any atom is -0.462 e. The third-order valence-corrected chi connectivity index (χ3v) is 21.2. The Labute approximate surface area is 613 Å². The maximum absolute atomic E-state index is 13.1. The first kappa shape index (κ1) is 98.1. The van der Waals surface area contributed by atoms with Crippen LogP contribution in [0.4, 0.5) is 0 Å². The van der Waals surface area contributed by atoms with Crippen LogP contribution in [0.2, 0.25) is 0 Å². The van der Waals surface area contributed by atoms with Crippen LogP contribution >= 0.6 is 15.6 Å². The second-order valence-electron chi connectivity index (χ2n) is 29.9. The molecule has 0 saturated heterocycles. The van der Waals surface area contributed by atoms with Gasteiger partial charge in [0, 0.05) is 25.7 Å². The first-order valence-electron chi connectivity index (χ1n) is 42.0. The van der Waals surface area contributed by atoms with E-state index in [1.807, 2.05) is 0 Å². The van der Waals surface area contributed by atoms with E-state index in [1.165, 1.54) is 244 Å². The van der Waals surface area contributed by atoms with Gasteiger partial charge in [0.15, 0.2) is 12.2 Å². The summed E-state index contributed by atoms with van der Waals surface area (Å²) in [5, 5.41) is 10.6. The Balaban J connectivity index is 5.21. The number of hydrogen-bond donors (Lipinski definition) is 3. The van der Waals surface area contributed by atoms with Gasteiger partial charge in [0.2, 0.25) is 0 Å². The molecule has 0 bridgehead atoms. The smallest absolute Gasteiger partial charge is 0.462 e. The van der Waals surface area contributed by atoms with Crippen LogP contribution in [0.3, 0.4) is 0 Å². The van der Waals surface area contributed by atoms with Crippen molar-refractivity contribution >= 4 is 39.5 Å². The van der Waals surface area contributed by atoms with E-state index in [2.05, 4.69) is 41.5 Å². The van der Waals surface area contributed by atoms with Crippen LogP contribution in [0.1, 0.15) is 427 Å². The molecule has 0 rings (SSSR count). The van der Waals surface area contributed by atoms with Gasteiger partial charge in [-0.3, -0.25) is 37.3 Å². The predicted octanol–water partition coefficient (Wildman–Crippen LogP) is 24.3. The second-order valence-corrected chi connectivity index (χ2v) is 32.8. The van der Waals surface area contributed by atoms with E-state index in [1.54, 1.807) is 0 Å². The highest BCUT2D eigenvalue weighted by Crippen LogP contribution is 2.45. The lowest BCUT2D eigenvalue weighted by atomic mass is 9.99. The topological polar surface area (TPSA) is 237 Å². The molecule has 3 unspecified atom stereocenters. The molecule has 0 aliphatic carbocycles. The number of unbranched alkanes of at least 4 members (excludes halogenated alkanes) is 49. The van der Waals surface area contributed by atoms with Crippen molar-refractivity contribution in [2.75, 3.05) is 39.6 Å². The normalized spacial score (nSPS) is 14.2. The Morgan fingerprint density at radius 3 is 0.760 bits per heavy atom. The summed E-state index contributed by atoms with van der Waals surface area (Å²) in [5.41, 5.74) is 0. The minimum atomic E-state index is -4.96. The predicted molar refractivity (Wildman–Crippen MR) is 409 cm³/mol. The molecule has 17 nitrogen and oxygen atoms in total. The van der Waals surface area contributed by atoms with E-state index in [4.69, 9.17) is 37.0 Å². The lowest BCUT2D eigenvalue weighted by Gasteiger charge is -2.21. The van der Waals surface area contributed by atoms with Crippen LogP contribution < -0.4 is 0 Å². The second kappa shape index (κ2) is 72.6. The first-order valence-corrected chi connectivity index (χ1v) is 45.0. The molecule has 0 aromatic carbocycles. The van der Waals surface area contributed by atoms with Crippen molar-refractivity contribution in [2.45, 2.75) is 445 Å². The zero-order chi connectivity index (χ0) is 73.5. The third kappa shape index (κ3) is 73.0. The molecule has 0 saturated carbocycles. The lowest BCUT2D eigenvalue weighted by molar-refractivity contribution is -0.161. The van der Waals surface area contributed by atoms with Crippen LogP contribution in [-0.2, 0) is 65.4 Å². The monoisotopic (exact) mass is 1470 g/mol. The number of aliphatic hydroxyl groups excluding tert-OH is 1. The number of aliphatic hydroxyl groups is 1. The number of hydrogen-bond acceptors (Lipinski definition) is 15. The summed E-state index contributed by atoms with van der Waals surface area (Å²) < 4.78 is 68.7. The van der Waals surface area contributed by atoms with Crippen LogP contribution in [-0.4, -0.2) is 96.7 Å². The van der Waals surface area contributed by atoms with Gasteiger partial charge in [-0.2, -0.15) is 0 Å². The molecule has 0 aromatic heterocycles. The van der Waals surface area contributed by atoms with Crippen molar-refractivity contribution in [1.82, 2.24) is 0 Å². The molecule has 0 aliphatic rings. The third-order valence-electron chi connectivity index (χ3n) is 19.3. The van der Waals surface area contributed by atoms with Gasteiger partial charge in [-0.05, 0) is 37.5 Å². The maximum Gasteiger partial charge on any atom is 0.472 e. The van der Waals surface area contributed by atoms with Crippen molar-refractivity contribution in [3.8, 4) is 0 Å². The number of phosphoric acid groups is 2. The summed E-state index contributed by atoms with van der Waals surface area (Å²) in [7, 11) is -9.92. The van der Waals surface area contributed by atoms with Crippen molar-refractivity contribution in [3.63, 3.8) is 0 Å². The van der Waals surface area contributed by atoms with Crippen LogP contribution in [0, 0.1) is 11.8 Å². The average molecular weight is 1470 g/mol. The van der Waals surface area contributed by atoms with Gasteiger partial charge in [0.05, 0.1) is 26.4 Å². The molecule has 19 heteroatoms. The molecule has 594 valence electrons. The molecule has 0 fully saturated rings. The quantitative estimate of drug-likeness (QED) is 0.0222. The molecule has 0 aromatic rings. The Morgan fingerprint density at radius 1 is 0.290 bits per heavy atom. The van der Waals surface area contributed by atoms with Crippen LogP contribution in [0.5, 0.6) is 0 Å². The van der Waals surface area contributed by atoms with Gasteiger partial charge >= 0.3 is 39.5 Å². The van der Waals surface area contributed by atoms with Crippen molar-refractivity contribution < 1.29 is 80.2 Å². The van der Waals surface area contributed by atoms with Crippen LogP contribution in [0.25, 0.3) is 0 Å². The molecule has 0 spiro atoms. The number of esters is 4. The van der Waals surface area contributed by atoms with Gasteiger partial charge in [-0.15, -0.1) is 0 Å². The molecule has 6 atom stereocenters. The fraction of sp³-hybridized carbons (Fsp3) is 0.951. The lowest BCUT2D eigenvalue weighted by Crippen LogP contribution is -2.30. The molecule has 0 heterocycles.